The molecule has 4 bridgehead atoms. The molecule has 0 radical (unpaired) electrons. The standard InChI is InChI=1S/C43H50N2O12/c1-17-30(18(2)46)35(49)32-23(34(17)48)10-19(39(52)53)11-28(32)55-40-36(50)37(51)43-13-25-31-21(5-6-22(31)27(57-43)8-7-26(47)38(43)56-40)24-15-54-14-20-12-41-9-3-4-29(41)44-45-42(25,16-41)33(20)24/h5,10-11,20,24-27,29,33,36-38,40,44-45,47-51H,3-4,6-9,12-16H2,1-2H3,(H,52,53). The number of carboxylic acids is 1. The first-order valence-electron chi connectivity index (χ1n) is 20.6. The van der Waals surface area contributed by atoms with Crippen molar-refractivity contribution in [1.82, 2.24) is 10.9 Å². The van der Waals surface area contributed by atoms with Crippen molar-refractivity contribution in [3.63, 3.8) is 0 Å². The fourth-order valence-electron chi connectivity index (χ4n) is 14.0. The number of hydrogen-bond acceptors (Lipinski definition) is 13. The Hall–Kier alpha value is -3.60. The van der Waals surface area contributed by atoms with Crippen LogP contribution in [0.3, 0.4) is 0 Å². The van der Waals surface area contributed by atoms with Gasteiger partial charge in [-0.15, -0.1) is 0 Å². The number of nitrogens with one attached hydrogen (secondary N) is 2. The van der Waals surface area contributed by atoms with E-state index in [1.165, 1.54) is 25.0 Å². The van der Waals surface area contributed by atoms with E-state index in [1.54, 1.807) is 0 Å². The van der Waals surface area contributed by atoms with Crippen LogP contribution in [0.4, 0.5) is 0 Å². The summed E-state index contributed by atoms with van der Waals surface area (Å²) in [5, 5.41) is 69.2. The Morgan fingerprint density at radius 3 is 2.65 bits per heavy atom. The molecule has 4 aliphatic carbocycles. The number of carboxylic acid groups (broad SMARTS) is 1. The SMILES string of the molecule is CC(=O)c1c(C)c(O)c2cc(C(=O)O)cc(OC3OC4C(O)CCC5OC4(CC4C6=C5CC=C6C5COCC6CC78CCCC7NNC4(C8)C65)C(O)C3O)c2c1O. The number of carbonyl (C=O) groups is 2. The molecule has 3 saturated carbocycles. The molecule has 8 N–H and O–H groups in total. The van der Waals surface area contributed by atoms with Crippen molar-refractivity contribution >= 4 is 22.5 Å². The van der Waals surface area contributed by atoms with Gasteiger partial charge < -0.3 is 49.6 Å². The Morgan fingerprint density at radius 1 is 1.04 bits per heavy atom. The molecule has 0 aromatic heterocycles. The number of aliphatic hydroxyl groups excluding tert-OH is 3. The lowest BCUT2D eigenvalue weighted by Gasteiger charge is -2.68. The molecule has 7 fully saturated rings. The van der Waals surface area contributed by atoms with Gasteiger partial charge in [-0.25, -0.2) is 4.79 Å². The lowest BCUT2D eigenvalue weighted by molar-refractivity contribution is -0.337. The Balaban J connectivity index is 1.02. The first-order chi connectivity index (χ1) is 27.3. The van der Waals surface area contributed by atoms with Crippen molar-refractivity contribution in [3.8, 4) is 17.2 Å². The molecule has 9 aliphatic rings. The second-order valence-corrected chi connectivity index (χ2v) is 18.6. The predicted octanol–water partition coefficient (Wildman–Crippen LogP) is 3.28. The highest BCUT2D eigenvalue weighted by molar-refractivity contribution is 6.11. The van der Waals surface area contributed by atoms with E-state index in [9.17, 15) is 40.2 Å². The van der Waals surface area contributed by atoms with Crippen LogP contribution in [0.5, 0.6) is 17.2 Å². The van der Waals surface area contributed by atoms with Crippen LogP contribution in [0.1, 0.15) is 91.0 Å². The van der Waals surface area contributed by atoms with E-state index in [0.29, 0.717) is 38.0 Å². The van der Waals surface area contributed by atoms with Gasteiger partial charge >= 0.3 is 5.97 Å². The predicted molar refractivity (Wildman–Crippen MR) is 201 cm³/mol. The van der Waals surface area contributed by atoms with E-state index >= 15 is 0 Å². The van der Waals surface area contributed by atoms with Crippen molar-refractivity contribution in [1.29, 1.82) is 0 Å². The number of fused-ring (bicyclic) bond motifs is 4. The van der Waals surface area contributed by atoms with Gasteiger partial charge in [-0.1, -0.05) is 12.5 Å². The molecule has 304 valence electrons. The van der Waals surface area contributed by atoms with Crippen molar-refractivity contribution in [2.75, 3.05) is 13.2 Å². The van der Waals surface area contributed by atoms with Crippen molar-refractivity contribution < 1.29 is 59.2 Å². The Labute approximate surface area is 328 Å². The topological polar surface area (TPSA) is 216 Å². The van der Waals surface area contributed by atoms with Crippen LogP contribution in [0.2, 0.25) is 0 Å². The Bertz CT molecular complexity index is 2200. The lowest BCUT2D eigenvalue weighted by atomic mass is 9.43. The van der Waals surface area contributed by atoms with E-state index < -0.39 is 71.2 Å². The number of aromatic carboxylic acids is 1. The van der Waals surface area contributed by atoms with E-state index in [4.69, 9.17) is 18.9 Å². The molecule has 0 amide bonds. The summed E-state index contributed by atoms with van der Waals surface area (Å²) in [6.07, 6.45) is 1.67. The molecule has 3 spiro atoms. The summed E-state index contributed by atoms with van der Waals surface area (Å²) in [5.41, 5.74) is 9.22. The van der Waals surface area contributed by atoms with Crippen LogP contribution in [-0.2, 0) is 14.2 Å². The summed E-state index contributed by atoms with van der Waals surface area (Å²) < 4.78 is 26.4. The number of aromatic hydroxyl groups is 2. The van der Waals surface area contributed by atoms with Gasteiger partial charge in [-0.2, -0.15) is 0 Å². The molecule has 4 saturated heterocycles. The maximum absolute atomic E-state index is 12.7. The van der Waals surface area contributed by atoms with E-state index in [1.807, 2.05) is 0 Å². The molecular formula is C43H50N2O12. The number of phenols is 2. The molecule has 14 heteroatoms. The third kappa shape index (κ3) is 4.69. The number of hydrogen-bond donors (Lipinski definition) is 8. The number of Topliss-reactive ketones (excluding diaryl/α,β-unsaturated/α-hetero) is 1. The molecule has 11 rings (SSSR count). The minimum Gasteiger partial charge on any atom is -0.507 e. The Morgan fingerprint density at radius 2 is 1.86 bits per heavy atom. The summed E-state index contributed by atoms with van der Waals surface area (Å²) in [7, 11) is 0. The number of ketones is 1. The summed E-state index contributed by atoms with van der Waals surface area (Å²) in [5.74, 6) is -2.50. The third-order valence-corrected chi connectivity index (χ3v) is 16.0. The van der Waals surface area contributed by atoms with Gasteiger partial charge in [0.25, 0.3) is 0 Å². The number of hydrazine groups is 1. The van der Waals surface area contributed by atoms with Gasteiger partial charge in [-0.3, -0.25) is 15.6 Å². The number of phenolic OH excluding ortho intramolecular Hbond substituents is 2. The normalized spacial score (nSPS) is 43.9. The zero-order chi connectivity index (χ0) is 39.5. The van der Waals surface area contributed by atoms with Gasteiger partial charge in [0.05, 0.1) is 35.3 Å². The van der Waals surface area contributed by atoms with Crippen LogP contribution < -0.4 is 15.6 Å². The smallest absolute Gasteiger partial charge is 0.335 e. The number of carbonyl (C=O) groups excluding carboxylic acids is 1. The van der Waals surface area contributed by atoms with Crippen LogP contribution in [-0.4, -0.2) is 110 Å². The summed E-state index contributed by atoms with van der Waals surface area (Å²) in [6.45, 7) is 4.02. The van der Waals surface area contributed by atoms with E-state index in [2.05, 4.69) is 16.9 Å². The molecule has 57 heavy (non-hydrogen) atoms. The summed E-state index contributed by atoms with van der Waals surface area (Å²) in [6, 6.07) is 2.63. The molecule has 2 aromatic carbocycles. The largest absolute Gasteiger partial charge is 0.507 e. The van der Waals surface area contributed by atoms with Gasteiger partial charge in [0, 0.05) is 41.0 Å². The monoisotopic (exact) mass is 786 g/mol. The third-order valence-electron chi connectivity index (χ3n) is 16.0. The lowest BCUT2D eigenvalue weighted by Crippen LogP contribution is -2.79. The van der Waals surface area contributed by atoms with Crippen LogP contribution in [0.25, 0.3) is 10.8 Å². The van der Waals surface area contributed by atoms with Crippen molar-refractivity contribution in [2.24, 2.45) is 29.1 Å². The minimum atomic E-state index is -1.77. The van der Waals surface area contributed by atoms with Gasteiger partial charge in [0.2, 0.25) is 6.29 Å². The zero-order valence-electron chi connectivity index (χ0n) is 32.0. The molecule has 14 atom stereocenters. The minimum absolute atomic E-state index is 0.0584. The van der Waals surface area contributed by atoms with Crippen molar-refractivity contribution in [2.45, 2.75) is 126 Å². The highest BCUT2D eigenvalue weighted by atomic mass is 16.7. The first kappa shape index (κ1) is 36.5. The molecular weight excluding hydrogens is 736 g/mol. The maximum Gasteiger partial charge on any atom is 0.335 e. The van der Waals surface area contributed by atoms with E-state index in [0.717, 1.165) is 49.8 Å². The molecule has 5 aliphatic heterocycles. The van der Waals surface area contributed by atoms with Gasteiger partial charge in [0.1, 0.15) is 41.2 Å². The highest BCUT2D eigenvalue weighted by Crippen LogP contribution is 2.69. The zero-order valence-corrected chi connectivity index (χ0v) is 32.0. The van der Waals surface area contributed by atoms with E-state index in [-0.39, 0.29) is 69.2 Å². The van der Waals surface area contributed by atoms with Crippen LogP contribution in [0, 0.1) is 36.0 Å². The fraction of sp³-hybridized carbons (Fsp3) is 0.628. The number of rotatable bonds is 4. The Kier molecular flexibility index (Phi) is 7.83. The van der Waals surface area contributed by atoms with Crippen LogP contribution in [0.15, 0.2) is 34.9 Å². The number of ether oxygens (including phenoxy) is 4. The quantitative estimate of drug-likeness (QED) is 0.165. The summed E-state index contributed by atoms with van der Waals surface area (Å²) >= 11 is 0. The number of benzene rings is 2. The fourth-order valence-corrected chi connectivity index (χ4v) is 14.0. The number of aliphatic hydroxyl groups is 3. The number of allylic oxidation sites excluding steroid dienone is 1. The molecule has 2 aromatic rings. The first-order valence-corrected chi connectivity index (χ1v) is 20.6. The second kappa shape index (κ2) is 12.2. The maximum atomic E-state index is 12.7. The van der Waals surface area contributed by atoms with Crippen LogP contribution >= 0.6 is 0 Å². The average molecular weight is 787 g/mol. The molecule has 14 unspecified atom stereocenters. The molecule has 5 heterocycles. The van der Waals surface area contributed by atoms with Gasteiger partial charge in [-0.05, 0) is 111 Å². The summed E-state index contributed by atoms with van der Waals surface area (Å²) in [4.78, 5) is 25.0. The average Bonchev–Trinajstić information content (AvgIpc) is 3.72. The molecule has 14 nitrogen and oxygen atoms in total. The highest BCUT2D eigenvalue weighted by Gasteiger charge is 2.72. The second-order valence-electron chi connectivity index (χ2n) is 18.6. The van der Waals surface area contributed by atoms with Gasteiger partial charge in [0.15, 0.2) is 5.78 Å². The van der Waals surface area contributed by atoms with Crippen molar-refractivity contribution in [3.05, 3.63) is 51.6 Å².